The van der Waals surface area contributed by atoms with E-state index in [2.05, 4.69) is 0 Å². The number of benzene rings is 3. The summed E-state index contributed by atoms with van der Waals surface area (Å²) in [5.74, 6) is 0. The minimum absolute atomic E-state index is 0.102. The fraction of sp³-hybridized carbons (Fsp3) is 0.0526. The molecule has 0 unspecified atom stereocenters. The van der Waals surface area contributed by atoms with Gasteiger partial charge >= 0.3 is 0 Å². The Hall–Kier alpha value is -3.19. The molecule has 0 fully saturated rings. The van der Waals surface area contributed by atoms with Crippen LogP contribution in [0.5, 0.6) is 0 Å². The maximum absolute atomic E-state index is 13.3. The average molecular weight is 368 g/mol. The molecular formula is C19H16N2O4S. The second-order valence-corrected chi connectivity index (χ2v) is 7.48. The highest BCUT2D eigenvalue weighted by molar-refractivity contribution is 7.93. The molecule has 6 nitrogen and oxygen atoms in total. The van der Waals surface area contributed by atoms with Gasteiger partial charge in [-0.2, -0.15) is 0 Å². The van der Waals surface area contributed by atoms with Crippen molar-refractivity contribution in [3.05, 3.63) is 94.5 Å². The number of aryl methyl sites for hydroxylation is 1. The SMILES string of the molecule is Cc1ccc(S(=O)(=O)N(c2ccccc2)c2ccc([N+](=O)[O-])cc2)cc1. The fourth-order valence-corrected chi connectivity index (χ4v) is 4.00. The molecule has 3 rings (SSSR count). The van der Waals surface area contributed by atoms with Crippen LogP contribution in [-0.4, -0.2) is 13.3 Å². The molecule has 7 heteroatoms. The molecule has 0 saturated heterocycles. The first-order chi connectivity index (χ1) is 12.4. The molecule has 0 radical (unpaired) electrons. The zero-order chi connectivity index (χ0) is 18.7. The second kappa shape index (κ2) is 6.97. The first kappa shape index (κ1) is 17.6. The lowest BCUT2D eigenvalue weighted by Crippen LogP contribution is -2.26. The predicted molar refractivity (Wildman–Crippen MR) is 100 cm³/mol. The maximum Gasteiger partial charge on any atom is 0.269 e. The second-order valence-electron chi connectivity index (χ2n) is 5.69. The number of para-hydroxylation sites is 1. The van der Waals surface area contributed by atoms with Crippen molar-refractivity contribution in [2.45, 2.75) is 11.8 Å². The first-order valence-electron chi connectivity index (χ1n) is 7.81. The van der Waals surface area contributed by atoms with Crippen molar-refractivity contribution in [3.63, 3.8) is 0 Å². The number of nitro benzene ring substituents is 1. The molecule has 3 aromatic carbocycles. The first-order valence-corrected chi connectivity index (χ1v) is 9.25. The van der Waals surface area contributed by atoms with Gasteiger partial charge in [0.15, 0.2) is 0 Å². The summed E-state index contributed by atoms with van der Waals surface area (Å²) in [4.78, 5) is 10.5. The summed E-state index contributed by atoms with van der Waals surface area (Å²) in [5.41, 5.74) is 1.62. The number of nitro groups is 1. The van der Waals surface area contributed by atoms with Gasteiger partial charge in [-0.3, -0.25) is 10.1 Å². The average Bonchev–Trinajstić information content (AvgIpc) is 2.63. The Labute approximate surface area is 151 Å². The number of hydrogen-bond donors (Lipinski definition) is 0. The molecule has 0 bridgehead atoms. The van der Waals surface area contributed by atoms with Crippen LogP contribution < -0.4 is 4.31 Å². The molecule has 0 aliphatic rings. The van der Waals surface area contributed by atoms with Crippen LogP contribution in [0.15, 0.2) is 83.8 Å². The Morgan fingerprint density at radius 2 is 1.35 bits per heavy atom. The number of nitrogens with zero attached hydrogens (tertiary/aromatic N) is 2. The van der Waals surface area contributed by atoms with Crippen LogP contribution in [-0.2, 0) is 10.0 Å². The Morgan fingerprint density at radius 3 is 1.88 bits per heavy atom. The van der Waals surface area contributed by atoms with Crippen molar-refractivity contribution < 1.29 is 13.3 Å². The highest BCUT2D eigenvalue weighted by Gasteiger charge is 2.27. The largest absolute Gasteiger partial charge is 0.269 e. The molecule has 0 spiro atoms. The van der Waals surface area contributed by atoms with E-state index in [1.807, 2.05) is 6.92 Å². The third-order valence-electron chi connectivity index (χ3n) is 3.84. The van der Waals surface area contributed by atoms with Gasteiger partial charge in [0, 0.05) is 12.1 Å². The molecular weight excluding hydrogens is 352 g/mol. The van der Waals surface area contributed by atoms with Gasteiger partial charge in [-0.25, -0.2) is 12.7 Å². The van der Waals surface area contributed by atoms with Crippen LogP contribution in [0.1, 0.15) is 5.56 Å². The van der Waals surface area contributed by atoms with E-state index in [0.717, 1.165) is 5.56 Å². The molecule has 0 atom stereocenters. The summed E-state index contributed by atoms with van der Waals surface area (Å²) < 4.78 is 27.7. The normalized spacial score (nSPS) is 11.1. The molecule has 0 aromatic heterocycles. The molecule has 0 heterocycles. The molecule has 0 saturated carbocycles. The number of anilines is 2. The molecule has 26 heavy (non-hydrogen) atoms. The highest BCUT2D eigenvalue weighted by atomic mass is 32.2. The zero-order valence-corrected chi connectivity index (χ0v) is 14.8. The van der Waals surface area contributed by atoms with Crippen LogP contribution in [0.3, 0.4) is 0 Å². The van der Waals surface area contributed by atoms with Crippen molar-refractivity contribution in [1.82, 2.24) is 0 Å². The molecule has 0 aliphatic heterocycles. The Bertz CT molecular complexity index is 1020. The fourth-order valence-electron chi connectivity index (χ4n) is 2.52. The Kier molecular flexibility index (Phi) is 4.73. The smallest absolute Gasteiger partial charge is 0.258 e. The lowest BCUT2D eigenvalue weighted by atomic mass is 10.2. The van der Waals surface area contributed by atoms with Crippen molar-refractivity contribution in [2.24, 2.45) is 0 Å². The lowest BCUT2D eigenvalue weighted by Gasteiger charge is -2.24. The van der Waals surface area contributed by atoms with Gasteiger partial charge in [0.05, 0.1) is 21.2 Å². The van der Waals surface area contributed by atoms with Crippen LogP contribution >= 0.6 is 0 Å². The predicted octanol–water partition coefficient (Wildman–Crippen LogP) is 4.43. The Balaban J connectivity index is 2.15. The molecule has 0 amide bonds. The van der Waals surface area contributed by atoms with Crippen LogP contribution in [0.2, 0.25) is 0 Å². The zero-order valence-electron chi connectivity index (χ0n) is 13.9. The standard InChI is InChI=1S/C19H16N2O4S/c1-15-7-13-19(14-8-15)26(24,25)20(16-5-3-2-4-6-16)17-9-11-18(12-10-17)21(22)23/h2-14H,1H3. The van der Waals surface area contributed by atoms with Gasteiger partial charge in [0.2, 0.25) is 0 Å². The summed E-state index contributed by atoms with van der Waals surface area (Å²) in [5, 5.41) is 10.9. The molecule has 0 aliphatic carbocycles. The van der Waals surface area contributed by atoms with E-state index in [4.69, 9.17) is 0 Å². The number of sulfonamides is 1. The highest BCUT2D eigenvalue weighted by Crippen LogP contribution is 2.33. The van der Waals surface area contributed by atoms with E-state index in [1.165, 1.54) is 28.6 Å². The summed E-state index contributed by atoms with van der Waals surface area (Å²) in [7, 11) is -3.89. The van der Waals surface area contributed by atoms with E-state index in [9.17, 15) is 18.5 Å². The van der Waals surface area contributed by atoms with Crippen molar-refractivity contribution >= 4 is 27.1 Å². The molecule has 0 N–H and O–H groups in total. The quantitative estimate of drug-likeness (QED) is 0.493. The minimum atomic E-state index is -3.89. The summed E-state index contributed by atoms with van der Waals surface area (Å²) in [6.45, 7) is 1.88. The van der Waals surface area contributed by atoms with E-state index < -0.39 is 14.9 Å². The third-order valence-corrected chi connectivity index (χ3v) is 5.62. The van der Waals surface area contributed by atoms with E-state index in [-0.39, 0.29) is 10.6 Å². The summed E-state index contributed by atoms with van der Waals surface area (Å²) >= 11 is 0. The van der Waals surface area contributed by atoms with Crippen LogP contribution in [0.4, 0.5) is 17.1 Å². The van der Waals surface area contributed by atoms with Crippen molar-refractivity contribution in [3.8, 4) is 0 Å². The van der Waals surface area contributed by atoms with E-state index in [1.54, 1.807) is 54.6 Å². The number of non-ortho nitro benzene ring substituents is 1. The van der Waals surface area contributed by atoms with Crippen LogP contribution in [0, 0.1) is 17.0 Å². The maximum atomic E-state index is 13.3. The number of rotatable bonds is 5. The number of hydrogen-bond acceptors (Lipinski definition) is 4. The molecule has 3 aromatic rings. The van der Waals surface area contributed by atoms with Gasteiger partial charge in [0.25, 0.3) is 15.7 Å². The van der Waals surface area contributed by atoms with Crippen molar-refractivity contribution in [1.29, 1.82) is 0 Å². The van der Waals surface area contributed by atoms with E-state index in [0.29, 0.717) is 11.4 Å². The lowest BCUT2D eigenvalue weighted by molar-refractivity contribution is -0.384. The van der Waals surface area contributed by atoms with Gasteiger partial charge < -0.3 is 0 Å². The monoisotopic (exact) mass is 368 g/mol. The van der Waals surface area contributed by atoms with Crippen LogP contribution in [0.25, 0.3) is 0 Å². The van der Waals surface area contributed by atoms with Gasteiger partial charge in [-0.05, 0) is 43.3 Å². The van der Waals surface area contributed by atoms with E-state index >= 15 is 0 Å². The topological polar surface area (TPSA) is 80.5 Å². The third kappa shape index (κ3) is 3.43. The van der Waals surface area contributed by atoms with Gasteiger partial charge in [0.1, 0.15) is 0 Å². The van der Waals surface area contributed by atoms with Crippen molar-refractivity contribution in [2.75, 3.05) is 4.31 Å². The van der Waals surface area contributed by atoms with Gasteiger partial charge in [-0.1, -0.05) is 35.9 Å². The molecule has 132 valence electrons. The Morgan fingerprint density at radius 1 is 0.808 bits per heavy atom. The summed E-state index contributed by atoms with van der Waals surface area (Å²) in [6.07, 6.45) is 0. The summed E-state index contributed by atoms with van der Waals surface area (Å²) in [6, 6.07) is 20.6. The minimum Gasteiger partial charge on any atom is -0.258 e. The van der Waals surface area contributed by atoms with Gasteiger partial charge in [-0.15, -0.1) is 0 Å².